The van der Waals surface area contributed by atoms with Gasteiger partial charge in [0.15, 0.2) is 0 Å². The van der Waals surface area contributed by atoms with Gasteiger partial charge >= 0.3 is 5.97 Å². The van der Waals surface area contributed by atoms with Crippen LogP contribution in [0.1, 0.15) is 0 Å². The Morgan fingerprint density at radius 1 is 1.60 bits per heavy atom. The fraction of sp³-hybridized carbons (Fsp3) is 0.200. The van der Waals surface area contributed by atoms with Gasteiger partial charge < -0.3 is 14.5 Å². The maximum Gasteiger partial charge on any atom is 0.325 e. The number of furan rings is 1. The van der Waals surface area contributed by atoms with Crippen molar-refractivity contribution in [2.45, 2.75) is 0 Å². The van der Waals surface area contributed by atoms with Crippen molar-refractivity contribution in [3.63, 3.8) is 0 Å². The molecule has 0 aliphatic rings. The van der Waals surface area contributed by atoms with Gasteiger partial charge in [0.2, 0.25) is 0 Å². The lowest BCUT2D eigenvalue weighted by atomic mass is 10.3. The number of hydrogen-bond acceptors (Lipinski definition) is 5. The van der Waals surface area contributed by atoms with Crippen LogP contribution in [0, 0.1) is 0 Å². The van der Waals surface area contributed by atoms with Crippen molar-refractivity contribution < 1.29 is 13.9 Å². The number of anilines is 1. The SMILES string of the molecule is COC(=O)CNc1nccc2occc12. The quantitative estimate of drug-likeness (QED) is 0.769. The first-order chi connectivity index (χ1) is 7.31. The number of fused-ring (bicyclic) bond motifs is 1. The van der Waals surface area contributed by atoms with Crippen LogP contribution in [0.5, 0.6) is 0 Å². The number of methoxy groups -OCH3 is 1. The molecular formula is C10H10N2O3. The van der Waals surface area contributed by atoms with Crippen LogP contribution in [-0.4, -0.2) is 24.6 Å². The third-order valence-corrected chi connectivity index (χ3v) is 2.01. The molecule has 78 valence electrons. The molecule has 0 atom stereocenters. The summed E-state index contributed by atoms with van der Waals surface area (Å²) >= 11 is 0. The van der Waals surface area contributed by atoms with Gasteiger partial charge in [-0.15, -0.1) is 0 Å². The molecule has 0 fully saturated rings. The van der Waals surface area contributed by atoms with Crippen molar-refractivity contribution in [1.82, 2.24) is 4.98 Å². The predicted octanol–water partition coefficient (Wildman–Crippen LogP) is 1.41. The van der Waals surface area contributed by atoms with Crippen LogP contribution >= 0.6 is 0 Å². The maximum absolute atomic E-state index is 10.9. The molecule has 0 saturated carbocycles. The Morgan fingerprint density at radius 3 is 3.27 bits per heavy atom. The third kappa shape index (κ3) is 1.90. The number of carbonyl (C=O) groups excluding carboxylic acids is 1. The van der Waals surface area contributed by atoms with Crippen LogP contribution in [0.2, 0.25) is 0 Å². The molecule has 2 aromatic rings. The summed E-state index contributed by atoms with van der Waals surface area (Å²) in [6, 6.07) is 3.56. The van der Waals surface area contributed by atoms with Gasteiger partial charge in [0, 0.05) is 6.20 Å². The minimum Gasteiger partial charge on any atom is -0.468 e. The largest absolute Gasteiger partial charge is 0.468 e. The summed E-state index contributed by atoms with van der Waals surface area (Å²) < 4.78 is 9.71. The van der Waals surface area contributed by atoms with Crippen LogP contribution < -0.4 is 5.32 Å². The second-order valence-electron chi connectivity index (χ2n) is 2.92. The van der Waals surface area contributed by atoms with E-state index in [1.807, 2.05) is 0 Å². The average molecular weight is 206 g/mol. The number of esters is 1. The molecule has 15 heavy (non-hydrogen) atoms. The summed E-state index contributed by atoms with van der Waals surface area (Å²) in [5.74, 6) is 0.281. The molecule has 0 amide bonds. The first kappa shape index (κ1) is 9.51. The highest BCUT2D eigenvalue weighted by atomic mass is 16.5. The monoisotopic (exact) mass is 206 g/mol. The van der Waals surface area contributed by atoms with Gasteiger partial charge in [-0.3, -0.25) is 4.79 Å². The van der Waals surface area contributed by atoms with Gasteiger partial charge in [-0.25, -0.2) is 4.98 Å². The second kappa shape index (κ2) is 4.00. The number of ether oxygens (including phenoxy) is 1. The maximum atomic E-state index is 10.9. The first-order valence-electron chi connectivity index (χ1n) is 4.44. The van der Waals surface area contributed by atoms with Crippen molar-refractivity contribution >= 4 is 22.8 Å². The van der Waals surface area contributed by atoms with E-state index in [1.54, 1.807) is 24.6 Å². The highest BCUT2D eigenvalue weighted by molar-refractivity contribution is 5.89. The second-order valence-corrected chi connectivity index (χ2v) is 2.92. The lowest BCUT2D eigenvalue weighted by Gasteiger charge is -2.04. The van der Waals surface area contributed by atoms with E-state index in [0.717, 1.165) is 11.0 Å². The van der Waals surface area contributed by atoms with Crippen LogP contribution in [-0.2, 0) is 9.53 Å². The Labute approximate surface area is 86.0 Å². The van der Waals surface area contributed by atoms with Gasteiger partial charge in [0.1, 0.15) is 17.9 Å². The lowest BCUT2D eigenvalue weighted by Crippen LogP contribution is -2.15. The van der Waals surface area contributed by atoms with E-state index in [2.05, 4.69) is 15.0 Å². The summed E-state index contributed by atoms with van der Waals surface area (Å²) in [5.41, 5.74) is 0.734. The smallest absolute Gasteiger partial charge is 0.325 e. The van der Waals surface area contributed by atoms with E-state index in [1.165, 1.54) is 7.11 Å². The molecule has 1 N–H and O–H groups in total. The third-order valence-electron chi connectivity index (χ3n) is 2.01. The number of aromatic nitrogens is 1. The number of nitrogens with one attached hydrogen (secondary N) is 1. The minimum atomic E-state index is -0.336. The van der Waals surface area contributed by atoms with Gasteiger partial charge in [0.25, 0.3) is 0 Å². The van der Waals surface area contributed by atoms with E-state index in [0.29, 0.717) is 5.82 Å². The van der Waals surface area contributed by atoms with Crippen molar-refractivity contribution in [1.29, 1.82) is 0 Å². The van der Waals surface area contributed by atoms with Crippen LogP contribution in [0.15, 0.2) is 29.0 Å². The Kier molecular flexibility index (Phi) is 2.53. The first-order valence-corrected chi connectivity index (χ1v) is 4.44. The summed E-state index contributed by atoms with van der Waals surface area (Å²) in [6.45, 7) is 0.0911. The molecule has 5 nitrogen and oxygen atoms in total. The van der Waals surface area contributed by atoms with Crippen LogP contribution in [0.3, 0.4) is 0 Å². The average Bonchev–Trinajstić information content (AvgIpc) is 2.74. The Morgan fingerprint density at radius 2 is 2.47 bits per heavy atom. The van der Waals surface area contributed by atoms with Gasteiger partial charge in [0.05, 0.1) is 18.8 Å². The molecule has 5 heteroatoms. The Bertz CT molecular complexity index is 478. The number of rotatable bonds is 3. The molecular weight excluding hydrogens is 196 g/mol. The van der Waals surface area contributed by atoms with Crippen LogP contribution in [0.4, 0.5) is 5.82 Å². The fourth-order valence-corrected chi connectivity index (χ4v) is 1.26. The minimum absolute atomic E-state index is 0.0911. The molecule has 0 aliphatic carbocycles. The highest BCUT2D eigenvalue weighted by Crippen LogP contribution is 2.21. The van der Waals surface area contributed by atoms with Crippen molar-refractivity contribution in [3.05, 3.63) is 24.6 Å². The Hall–Kier alpha value is -2.04. The standard InChI is InChI=1S/C10H10N2O3/c1-14-9(13)6-12-10-7-3-5-15-8(7)2-4-11-10/h2-5H,6H2,1H3,(H,11,12). The zero-order valence-corrected chi connectivity index (χ0v) is 8.19. The van der Waals surface area contributed by atoms with Gasteiger partial charge in [-0.1, -0.05) is 0 Å². The summed E-state index contributed by atoms with van der Waals surface area (Å²) in [5, 5.41) is 3.73. The van der Waals surface area contributed by atoms with Gasteiger partial charge in [-0.2, -0.15) is 0 Å². The molecule has 2 rings (SSSR count). The number of nitrogens with zero attached hydrogens (tertiary/aromatic N) is 1. The Balaban J connectivity index is 2.20. The van der Waals surface area contributed by atoms with Crippen molar-refractivity contribution in [3.8, 4) is 0 Å². The summed E-state index contributed by atoms with van der Waals surface area (Å²) in [4.78, 5) is 15.0. The molecule has 0 bridgehead atoms. The van der Waals surface area contributed by atoms with E-state index >= 15 is 0 Å². The number of pyridine rings is 1. The van der Waals surface area contributed by atoms with E-state index in [-0.39, 0.29) is 12.5 Å². The lowest BCUT2D eigenvalue weighted by molar-refractivity contribution is -0.138. The zero-order chi connectivity index (χ0) is 10.7. The molecule has 0 aliphatic heterocycles. The fourth-order valence-electron chi connectivity index (χ4n) is 1.26. The van der Waals surface area contributed by atoms with E-state index in [4.69, 9.17) is 4.42 Å². The molecule has 0 saturated heterocycles. The van der Waals surface area contributed by atoms with Crippen molar-refractivity contribution in [2.24, 2.45) is 0 Å². The van der Waals surface area contributed by atoms with Gasteiger partial charge in [-0.05, 0) is 12.1 Å². The predicted molar refractivity (Wildman–Crippen MR) is 54.5 cm³/mol. The highest BCUT2D eigenvalue weighted by Gasteiger charge is 2.06. The zero-order valence-electron chi connectivity index (χ0n) is 8.19. The number of carbonyl (C=O) groups is 1. The topological polar surface area (TPSA) is 64.4 Å². The van der Waals surface area contributed by atoms with E-state index < -0.39 is 0 Å². The molecule has 0 unspecified atom stereocenters. The summed E-state index contributed by atoms with van der Waals surface area (Å²) in [6.07, 6.45) is 3.20. The molecule has 0 radical (unpaired) electrons. The normalized spacial score (nSPS) is 10.2. The molecule has 0 aromatic carbocycles. The molecule has 2 aromatic heterocycles. The van der Waals surface area contributed by atoms with E-state index in [9.17, 15) is 4.79 Å². The number of hydrogen-bond donors (Lipinski definition) is 1. The molecule has 2 heterocycles. The molecule has 0 spiro atoms. The summed E-state index contributed by atoms with van der Waals surface area (Å²) in [7, 11) is 1.34. The van der Waals surface area contributed by atoms with Crippen molar-refractivity contribution in [2.75, 3.05) is 19.0 Å². The van der Waals surface area contributed by atoms with Crippen LogP contribution in [0.25, 0.3) is 11.0 Å².